The fraction of sp³-hybridized carbons (Fsp3) is 0.429. The van der Waals surface area contributed by atoms with Crippen molar-refractivity contribution >= 4 is 15.9 Å². The number of nitrogens with one attached hydrogen (secondary N) is 1. The molecule has 1 N–H and O–H groups in total. The smallest absolute Gasteiger partial charge is 0.226 e. The van der Waals surface area contributed by atoms with Crippen LogP contribution in [0.2, 0.25) is 0 Å². The maximum Gasteiger partial charge on any atom is 0.226 e. The Morgan fingerprint density at radius 3 is 2.90 bits per heavy atom. The van der Waals surface area contributed by atoms with Crippen molar-refractivity contribution in [3.8, 4) is 5.75 Å². The summed E-state index contributed by atoms with van der Waals surface area (Å²) >= 11 is 3.47. The molecule has 0 atom stereocenters. The fourth-order valence-electron chi connectivity index (χ4n) is 1.72. The van der Waals surface area contributed by atoms with Crippen LogP contribution in [0.4, 0.5) is 0 Å². The Balaban J connectivity index is 2.04. The predicted octanol–water partition coefficient (Wildman–Crippen LogP) is 3.08. The van der Waals surface area contributed by atoms with Gasteiger partial charge in [-0.3, -0.25) is 0 Å². The van der Waals surface area contributed by atoms with Gasteiger partial charge >= 0.3 is 0 Å². The van der Waals surface area contributed by atoms with E-state index in [0.29, 0.717) is 18.3 Å². The fourth-order valence-corrected chi connectivity index (χ4v) is 2.13. The average molecular weight is 340 g/mol. The molecule has 108 valence electrons. The van der Waals surface area contributed by atoms with E-state index in [1.807, 2.05) is 25.1 Å². The second-order valence-corrected chi connectivity index (χ2v) is 5.19. The van der Waals surface area contributed by atoms with Crippen LogP contribution in [-0.4, -0.2) is 16.7 Å². The first-order valence-electron chi connectivity index (χ1n) is 6.66. The van der Waals surface area contributed by atoms with Gasteiger partial charge in [-0.05, 0) is 24.7 Å². The molecule has 0 radical (unpaired) electrons. The molecule has 2 rings (SSSR count). The van der Waals surface area contributed by atoms with Crippen LogP contribution in [0, 0.1) is 0 Å². The van der Waals surface area contributed by atoms with Crippen molar-refractivity contribution in [2.24, 2.45) is 0 Å². The molecule has 0 amide bonds. The van der Waals surface area contributed by atoms with Gasteiger partial charge in [0.05, 0.1) is 0 Å². The summed E-state index contributed by atoms with van der Waals surface area (Å²) in [5.41, 5.74) is 1.10. The van der Waals surface area contributed by atoms with E-state index in [4.69, 9.17) is 9.26 Å². The predicted molar refractivity (Wildman–Crippen MR) is 79.5 cm³/mol. The maximum absolute atomic E-state index is 5.79. The summed E-state index contributed by atoms with van der Waals surface area (Å²) in [4.78, 5) is 4.23. The summed E-state index contributed by atoms with van der Waals surface area (Å²) in [5.74, 6) is 2.03. The third kappa shape index (κ3) is 4.05. The molecule has 0 saturated heterocycles. The van der Waals surface area contributed by atoms with Gasteiger partial charge in [-0.2, -0.15) is 4.98 Å². The molecule has 0 aliphatic heterocycles. The third-order valence-electron chi connectivity index (χ3n) is 2.76. The molecule has 0 fully saturated rings. The van der Waals surface area contributed by atoms with Gasteiger partial charge < -0.3 is 14.6 Å². The quantitative estimate of drug-likeness (QED) is 0.839. The van der Waals surface area contributed by atoms with Crippen LogP contribution in [0.1, 0.15) is 31.1 Å². The molecule has 6 heteroatoms. The van der Waals surface area contributed by atoms with Crippen LogP contribution in [0.25, 0.3) is 0 Å². The van der Waals surface area contributed by atoms with Crippen LogP contribution in [0.3, 0.4) is 0 Å². The molecule has 0 bridgehead atoms. The Hall–Kier alpha value is -1.40. The standard InChI is InChI=1S/C14H18BrN3O2/c1-3-14-17-13(18-20-14)9-19-12-6-5-11(15)7-10(12)8-16-4-2/h5-7,16H,3-4,8-9H2,1-2H3. The summed E-state index contributed by atoms with van der Waals surface area (Å²) in [6.07, 6.45) is 0.733. The molecule has 1 aromatic heterocycles. The number of hydrogen-bond donors (Lipinski definition) is 1. The molecule has 0 aliphatic rings. The first-order chi connectivity index (χ1) is 9.72. The van der Waals surface area contributed by atoms with Gasteiger partial charge in [0, 0.05) is 23.0 Å². The number of ether oxygens (including phenoxy) is 1. The van der Waals surface area contributed by atoms with Crippen LogP contribution in [0.15, 0.2) is 27.2 Å². The highest BCUT2D eigenvalue weighted by atomic mass is 79.9. The molecule has 1 aromatic carbocycles. The number of aryl methyl sites for hydroxylation is 1. The Kier molecular flexibility index (Phi) is 5.55. The van der Waals surface area contributed by atoms with E-state index in [-0.39, 0.29) is 0 Å². The molecule has 0 unspecified atom stereocenters. The number of halogens is 1. The zero-order chi connectivity index (χ0) is 14.4. The third-order valence-corrected chi connectivity index (χ3v) is 3.25. The number of aromatic nitrogens is 2. The number of rotatable bonds is 7. The van der Waals surface area contributed by atoms with Gasteiger partial charge in [0.25, 0.3) is 0 Å². The monoisotopic (exact) mass is 339 g/mol. The lowest BCUT2D eigenvalue weighted by atomic mass is 10.2. The number of hydrogen-bond acceptors (Lipinski definition) is 5. The van der Waals surface area contributed by atoms with Crippen LogP contribution < -0.4 is 10.1 Å². The molecular formula is C14H18BrN3O2. The molecule has 0 saturated carbocycles. The van der Waals surface area contributed by atoms with Crippen molar-refractivity contribution in [3.05, 3.63) is 40.0 Å². The van der Waals surface area contributed by atoms with Crippen molar-refractivity contribution in [2.45, 2.75) is 33.4 Å². The summed E-state index contributed by atoms with van der Waals surface area (Å²) < 4.78 is 11.9. The first kappa shape index (κ1) is 15.0. The largest absolute Gasteiger partial charge is 0.485 e. The van der Waals surface area contributed by atoms with Gasteiger partial charge in [-0.25, -0.2) is 0 Å². The zero-order valence-corrected chi connectivity index (χ0v) is 13.2. The molecular weight excluding hydrogens is 322 g/mol. The minimum atomic E-state index is 0.310. The maximum atomic E-state index is 5.79. The molecule has 1 heterocycles. The van der Waals surface area contributed by atoms with Crippen molar-refractivity contribution in [2.75, 3.05) is 6.54 Å². The molecule has 2 aromatic rings. The Bertz CT molecular complexity index is 557. The van der Waals surface area contributed by atoms with Gasteiger partial charge in [0.2, 0.25) is 11.7 Å². The zero-order valence-electron chi connectivity index (χ0n) is 11.6. The lowest BCUT2D eigenvalue weighted by molar-refractivity contribution is 0.282. The van der Waals surface area contributed by atoms with E-state index in [0.717, 1.165) is 35.3 Å². The first-order valence-corrected chi connectivity index (χ1v) is 7.45. The molecule has 20 heavy (non-hydrogen) atoms. The van der Waals surface area contributed by atoms with Crippen molar-refractivity contribution in [3.63, 3.8) is 0 Å². The Labute approximate surface area is 126 Å². The van der Waals surface area contributed by atoms with E-state index in [1.54, 1.807) is 0 Å². The SMILES string of the molecule is CCNCc1cc(Br)ccc1OCc1noc(CC)n1. The van der Waals surface area contributed by atoms with Gasteiger partial charge in [0.15, 0.2) is 6.61 Å². The molecule has 0 aliphatic carbocycles. The summed E-state index contributed by atoms with van der Waals surface area (Å²) in [6, 6.07) is 5.95. The number of nitrogens with zero attached hydrogens (tertiary/aromatic N) is 2. The normalized spacial score (nSPS) is 10.8. The topological polar surface area (TPSA) is 60.2 Å². The van der Waals surface area contributed by atoms with E-state index in [2.05, 4.69) is 38.3 Å². The molecule has 0 spiro atoms. The van der Waals surface area contributed by atoms with E-state index in [9.17, 15) is 0 Å². The van der Waals surface area contributed by atoms with E-state index >= 15 is 0 Å². The summed E-state index contributed by atoms with van der Waals surface area (Å²) in [7, 11) is 0. The van der Waals surface area contributed by atoms with Gasteiger partial charge in [-0.15, -0.1) is 0 Å². The minimum absolute atomic E-state index is 0.310. The summed E-state index contributed by atoms with van der Waals surface area (Å²) in [5, 5.41) is 7.17. The van der Waals surface area contributed by atoms with Gasteiger partial charge in [0.1, 0.15) is 5.75 Å². The van der Waals surface area contributed by atoms with Crippen LogP contribution in [-0.2, 0) is 19.6 Å². The second-order valence-electron chi connectivity index (χ2n) is 4.28. The van der Waals surface area contributed by atoms with Crippen LogP contribution >= 0.6 is 15.9 Å². The Morgan fingerprint density at radius 2 is 2.20 bits per heavy atom. The van der Waals surface area contributed by atoms with Crippen molar-refractivity contribution < 1.29 is 9.26 Å². The van der Waals surface area contributed by atoms with Crippen molar-refractivity contribution in [1.82, 2.24) is 15.5 Å². The summed E-state index contributed by atoms with van der Waals surface area (Å²) in [6.45, 7) is 6.03. The van der Waals surface area contributed by atoms with Crippen molar-refractivity contribution in [1.29, 1.82) is 0 Å². The van der Waals surface area contributed by atoms with Crippen LogP contribution in [0.5, 0.6) is 5.75 Å². The lowest BCUT2D eigenvalue weighted by Gasteiger charge is -2.11. The highest BCUT2D eigenvalue weighted by molar-refractivity contribution is 9.10. The van der Waals surface area contributed by atoms with E-state index < -0.39 is 0 Å². The lowest BCUT2D eigenvalue weighted by Crippen LogP contribution is -2.13. The molecule has 5 nitrogen and oxygen atoms in total. The highest BCUT2D eigenvalue weighted by Crippen LogP contribution is 2.23. The average Bonchev–Trinajstić information content (AvgIpc) is 2.92. The highest BCUT2D eigenvalue weighted by Gasteiger charge is 2.08. The Morgan fingerprint density at radius 1 is 1.35 bits per heavy atom. The minimum Gasteiger partial charge on any atom is -0.485 e. The van der Waals surface area contributed by atoms with Gasteiger partial charge in [-0.1, -0.05) is 34.9 Å². The van der Waals surface area contributed by atoms with E-state index in [1.165, 1.54) is 0 Å². The second kappa shape index (κ2) is 7.40. The number of benzene rings is 1.